The smallest absolute Gasteiger partial charge is 0.287 e. The average Bonchev–Trinajstić information content (AvgIpc) is 2.65. The highest BCUT2D eigenvalue weighted by Gasteiger charge is 2.30. The summed E-state index contributed by atoms with van der Waals surface area (Å²) in [4.78, 5) is 11.8. The van der Waals surface area contributed by atoms with Crippen LogP contribution in [0.25, 0.3) is 0 Å². The van der Waals surface area contributed by atoms with Crippen molar-refractivity contribution in [3.8, 4) is 0 Å². The van der Waals surface area contributed by atoms with Crippen molar-refractivity contribution < 1.29 is 13.9 Å². The van der Waals surface area contributed by atoms with Gasteiger partial charge < -0.3 is 14.5 Å². The predicted octanol–water partition coefficient (Wildman–Crippen LogP) is 2.23. The van der Waals surface area contributed by atoms with Gasteiger partial charge in [0.1, 0.15) is 0 Å². The molecule has 1 N–H and O–H groups in total. The molecule has 88 valence electrons. The number of nitrogens with one attached hydrogen (secondary N) is 1. The molecule has 4 nitrogen and oxygen atoms in total. The summed E-state index contributed by atoms with van der Waals surface area (Å²) < 4.78 is 10.4. The summed E-state index contributed by atoms with van der Waals surface area (Å²) in [6.07, 6.45) is 1.86. The second kappa shape index (κ2) is 4.47. The first-order valence-electron chi connectivity index (χ1n) is 5.25. The molecule has 1 amide bonds. The zero-order valence-corrected chi connectivity index (χ0v) is 9.84. The zero-order valence-electron chi connectivity index (χ0n) is 9.09. The highest BCUT2D eigenvalue weighted by Crippen LogP contribution is 2.20. The molecule has 16 heavy (non-hydrogen) atoms. The molecule has 1 atom stereocenters. The van der Waals surface area contributed by atoms with Crippen molar-refractivity contribution in [1.82, 2.24) is 5.32 Å². The van der Waals surface area contributed by atoms with E-state index in [1.807, 2.05) is 6.92 Å². The van der Waals surface area contributed by atoms with Crippen LogP contribution in [0.1, 0.15) is 30.3 Å². The number of amides is 1. The fourth-order valence-electron chi connectivity index (χ4n) is 1.80. The van der Waals surface area contributed by atoms with E-state index in [1.165, 1.54) is 0 Å². The molecule has 1 aliphatic heterocycles. The molecule has 0 saturated carbocycles. The normalized spacial score (nSPS) is 25.4. The maximum atomic E-state index is 11.8. The standard InChI is InChI=1S/C11H14ClNO3/c1-11(5-2-6-15-7-11)13-10(14)8-3-4-9(12)16-8/h3-4H,2,5-7H2,1H3,(H,13,14). The summed E-state index contributed by atoms with van der Waals surface area (Å²) in [7, 11) is 0. The number of ether oxygens (including phenoxy) is 1. The van der Waals surface area contributed by atoms with Crippen molar-refractivity contribution in [2.75, 3.05) is 13.2 Å². The first kappa shape index (κ1) is 11.5. The van der Waals surface area contributed by atoms with Crippen molar-refractivity contribution in [3.05, 3.63) is 23.1 Å². The van der Waals surface area contributed by atoms with Crippen LogP contribution in [0.3, 0.4) is 0 Å². The highest BCUT2D eigenvalue weighted by atomic mass is 35.5. The van der Waals surface area contributed by atoms with E-state index in [1.54, 1.807) is 12.1 Å². The van der Waals surface area contributed by atoms with E-state index in [2.05, 4.69) is 5.32 Å². The van der Waals surface area contributed by atoms with Gasteiger partial charge in [-0.05, 0) is 43.5 Å². The van der Waals surface area contributed by atoms with Gasteiger partial charge in [0.05, 0.1) is 12.1 Å². The van der Waals surface area contributed by atoms with Crippen LogP contribution in [0, 0.1) is 0 Å². The monoisotopic (exact) mass is 243 g/mol. The molecular weight excluding hydrogens is 230 g/mol. The Hall–Kier alpha value is -1.00. The molecule has 1 aromatic rings. The van der Waals surface area contributed by atoms with Crippen molar-refractivity contribution >= 4 is 17.5 Å². The third-order valence-corrected chi connectivity index (χ3v) is 2.85. The van der Waals surface area contributed by atoms with Crippen LogP contribution in [-0.4, -0.2) is 24.7 Å². The fourth-order valence-corrected chi connectivity index (χ4v) is 1.95. The number of hydrogen-bond donors (Lipinski definition) is 1. The third kappa shape index (κ3) is 2.57. The molecule has 2 heterocycles. The number of furan rings is 1. The van der Waals surface area contributed by atoms with E-state index < -0.39 is 0 Å². The van der Waals surface area contributed by atoms with E-state index in [0.717, 1.165) is 19.4 Å². The summed E-state index contributed by atoms with van der Waals surface area (Å²) in [5.41, 5.74) is -0.311. The van der Waals surface area contributed by atoms with Crippen LogP contribution in [0.4, 0.5) is 0 Å². The maximum absolute atomic E-state index is 11.8. The van der Waals surface area contributed by atoms with Gasteiger partial charge in [-0.2, -0.15) is 0 Å². The van der Waals surface area contributed by atoms with Gasteiger partial charge in [-0.1, -0.05) is 0 Å². The second-order valence-corrected chi connectivity index (χ2v) is 4.65. The van der Waals surface area contributed by atoms with Crippen molar-refractivity contribution in [3.63, 3.8) is 0 Å². The Bertz CT molecular complexity index is 382. The number of hydrogen-bond acceptors (Lipinski definition) is 3. The Kier molecular flexibility index (Phi) is 3.21. The lowest BCUT2D eigenvalue weighted by atomic mass is 9.95. The minimum absolute atomic E-state index is 0.218. The van der Waals surface area contributed by atoms with E-state index in [0.29, 0.717) is 6.61 Å². The quantitative estimate of drug-likeness (QED) is 0.867. The van der Waals surface area contributed by atoms with E-state index >= 15 is 0 Å². The van der Waals surface area contributed by atoms with E-state index in [4.69, 9.17) is 20.8 Å². The van der Waals surface area contributed by atoms with E-state index in [-0.39, 0.29) is 22.4 Å². The topological polar surface area (TPSA) is 51.5 Å². The molecule has 1 unspecified atom stereocenters. The molecule has 1 fully saturated rings. The minimum Gasteiger partial charge on any atom is -0.440 e. The van der Waals surface area contributed by atoms with Gasteiger partial charge in [0.15, 0.2) is 11.0 Å². The summed E-state index contributed by atoms with van der Waals surface area (Å²) in [6.45, 7) is 3.26. The van der Waals surface area contributed by atoms with Gasteiger partial charge in [-0.25, -0.2) is 0 Å². The number of halogens is 1. The van der Waals surface area contributed by atoms with Crippen molar-refractivity contribution in [1.29, 1.82) is 0 Å². The first-order valence-corrected chi connectivity index (χ1v) is 5.62. The fraction of sp³-hybridized carbons (Fsp3) is 0.545. The van der Waals surface area contributed by atoms with Crippen LogP contribution in [0.2, 0.25) is 5.22 Å². The molecule has 0 aromatic carbocycles. The molecule has 0 aliphatic carbocycles. The summed E-state index contributed by atoms with van der Waals surface area (Å²) in [5.74, 6) is -0.0169. The molecule has 0 bridgehead atoms. The van der Waals surface area contributed by atoms with Gasteiger partial charge in [0.2, 0.25) is 0 Å². The van der Waals surface area contributed by atoms with Crippen LogP contribution in [-0.2, 0) is 4.74 Å². The Morgan fingerprint density at radius 1 is 1.56 bits per heavy atom. The molecule has 1 aliphatic rings. The molecule has 5 heteroatoms. The van der Waals surface area contributed by atoms with Crippen molar-refractivity contribution in [2.45, 2.75) is 25.3 Å². The predicted molar refractivity (Wildman–Crippen MR) is 59.6 cm³/mol. The first-order chi connectivity index (χ1) is 7.59. The Balaban J connectivity index is 2.01. The molecular formula is C11H14ClNO3. The molecule has 0 spiro atoms. The SMILES string of the molecule is CC1(NC(=O)c2ccc(Cl)o2)CCCOC1. The molecule has 1 saturated heterocycles. The average molecular weight is 244 g/mol. The summed E-state index contributed by atoms with van der Waals surface area (Å²) in [6, 6.07) is 3.11. The summed E-state index contributed by atoms with van der Waals surface area (Å²) in [5, 5.41) is 3.13. The van der Waals surface area contributed by atoms with Crippen LogP contribution >= 0.6 is 11.6 Å². The third-order valence-electron chi connectivity index (χ3n) is 2.65. The number of rotatable bonds is 2. The molecule has 0 radical (unpaired) electrons. The largest absolute Gasteiger partial charge is 0.440 e. The van der Waals surface area contributed by atoms with Gasteiger partial charge >= 0.3 is 0 Å². The maximum Gasteiger partial charge on any atom is 0.287 e. The second-order valence-electron chi connectivity index (χ2n) is 4.27. The van der Waals surface area contributed by atoms with Gasteiger partial charge in [-0.3, -0.25) is 4.79 Å². The molecule has 2 rings (SSSR count). The zero-order chi connectivity index (χ0) is 11.6. The Morgan fingerprint density at radius 2 is 2.38 bits per heavy atom. The molecule has 1 aromatic heterocycles. The van der Waals surface area contributed by atoms with Crippen LogP contribution in [0.5, 0.6) is 0 Å². The number of carbonyl (C=O) groups is 1. The highest BCUT2D eigenvalue weighted by molar-refractivity contribution is 6.29. The number of carbonyl (C=O) groups excluding carboxylic acids is 1. The van der Waals surface area contributed by atoms with Gasteiger partial charge in [0.25, 0.3) is 5.91 Å². The Morgan fingerprint density at radius 3 is 2.94 bits per heavy atom. The Labute approximate surface area is 98.9 Å². The van der Waals surface area contributed by atoms with Crippen LogP contribution in [0.15, 0.2) is 16.5 Å². The lowest BCUT2D eigenvalue weighted by molar-refractivity contribution is 0.0265. The minimum atomic E-state index is -0.311. The summed E-state index contributed by atoms with van der Waals surface area (Å²) >= 11 is 5.61. The van der Waals surface area contributed by atoms with E-state index in [9.17, 15) is 4.79 Å². The lowest BCUT2D eigenvalue weighted by Crippen LogP contribution is -2.51. The van der Waals surface area contributed by atoms with Gasteiger partial charge in [0, 0.05) is 6.61 Å². The van der Waals surface area contributed by atoms with Crippen molar-refractivity contribution in [2.24, 2.45) is 0 Å². The van der Waals surface area contributed by atoms with Gasteiger partial charge in [-0.15, -0.1) is 0 Å². The lowest BCUT2D eigenvalue weighted by Gasteiger charge is -2.33. The van der Waals surface area contributed by atoms with Crippen LogP contribution < -0.4 is 5.32 Å².